The van der Waals surface area contributed by atoms with E-state index in [1.165, 1.54) is 0 Å². The van der Waals surface area contributed by atoms with E-state index in [1.807, 2.05) is 0 Å². The highest BCUT2D eigenvalue weighted by Gasteiger charge is 2.58. The molecule has 0 saturated heterocycles. The molecule has 1 fully saturated rings. The van der Waals surface area contributed by atoms with Crippen LogP contribution in [0.3, 0.4) is 0 Å². The van der Waals surface area contributed by atoms with Gasteiger partial charge in [0.05, 0.1) is 13.2 Å². The summed E-state index contributed by atoms with van der Waals surface area (Å²) in [5.74, 6) is 0.676. The number of benzene rings is 1. The highest BCUT2D eigenvalue weighted by molar-refractivity contribution is 5.69. The molecule has 0 unspecified atom stereocenters. The van der Waals surface area contributed by atoms with Gasteiger partial charge in [0.1, 0.15) is 11.4 Å². The molecule has 0 radical (unpaired) electrons. The van der Waals surface area contributed by atoms with Crippen molar-refractivity contribution in [1.29, 1.82) is 0 Å². The quantitative estimate of drug-likeness (QED) is 0.925. The summed E-state index contributed by atoms with van der Waals surface area (Å²) in [5, 5.41) is 2.56. The minimum atomic E-state index is -1.51. The molecular weight excluding hydrogens is 261 g/mol. The number of carbonyl (C=O) groups excluding carboxylic acids is 1. The lowest BCUT2D eigenvalue weighted by Gasteiger charge is -2.20. The van der Waals surface area contributed by atoms with Gasteiger partial charge in [0, 0.05) is 6.42 Å². The van der Waals surface area contributed by atoms with E-state index in [-0.39, 0.29) is 6.42 Å². The maximum absolute atomic E-state index is 14.6. The van der Waals surface area contributed by atoms with Crippen LogP contribution in [0.4, 0.5) is 9.18 Å². The Labute approximate surface area is 118 Å². The molecule has 20 heavy (non-hydrogen) atoms. The number of nitrogens with one attached hydrogen (secondary N) is 1. The zero-order valence-electron chi connectivity index (χ0n) is 12.2. The molecular formula is C15H20FNO3. The fourth-order valence-electron chi connectivity index (χ4n) is 2.04. The van der Waals surface area contributed by atoms with Crippen molar-refractivity contribution < 1.29 is 18.7 Å². The Morgan fingerprint density at radius 2 is 1.95 bits per heavy atom. The molecule has 1 saturated carbocycles. The molecule has 1 N–H and O–H groups in total. The van der Waals surface area contributed by atoms with Crippen LogP contribution in [0.15, 0.2) is 24.3 Å². The second-order valence-electron chi connectivity index (χ2n) is 5.99. The summed E-state index contributed by atoms with van der Waals surface area (Å²) in [6.45, 7) is 5.31. The first-order chi connectivity index (χ1) is 9.24. The summed E-state index contributed by atoms with van der Waals surface area (Å²) in [7, 11) is 1.56. The van der Waals surface area contributed by atoms with Crippen LogP contribution in [-0.2, 0) is 10.4 Å². The normalized spacial score (nSPS) is 24.9. The number of hydrogen-bond acceptors (Lipinski definition) is 3. The van der Waals surface area contributed by atoms with Crippen LogP contribution in [0, 0.1) is 0 Å². The van der Waals surface area contributed by atoms with Gasteiger partial charge in [-0.3, -0.25) is 0 Å². The van der Waals surface area contributed by atoms with Crippen molar-refractivity contribution in [3.8, 4) is 5.75 Å². The lowest BCUT2D eigenvalue weighted by molar-refractivity contribution is 0.0511. The van der Waals surface area contributed by atoms with Gasteiger partial charge in [0.2, 0.25) is 0 Å². The van der Waals surface area contributed by atoms with Gasteiger partial charge in [-0.25, -0.2) is 9.18 Å². The van der Waals surface area contributed by atoms with Crippen LogP contribution in [0.1, 0.15) is 32.8 Å². The highest BCUT2D eigenvalue weighted by atomic mass is 19.1. The Kier molecular flexibility index (Phi) is 3.63. The Hall–Kier alpha value is -1.78. The molecule has 0 heterocycles. The van der Waals surface area contributed by atoms with E-state index in [2.05, 4.69) is 5.32 Å². The average Bonchev–Trinajstić information content (AvgIpc) is 2.98. The molecule has 110 valence electrons. The molecule has 2 atom stereocenters. The number of ether oxygens (including phenoxy) is 2. The van der Waals surface area contributed by atoms with Crippen molar-refractivity contribution in [3.05, 3.63) is 29.8 Å². The monoisotopic (exact) mass is 281 g/mol. The first-order valence-corrected chi connectivity index (χ1v) is 6.57. The SMILES string of the molecule is COc1ccc([C@]2(F)C[C@H]2NC(=O)OC(C)(C)C)cc1. The number of methoxy groups -OCH3 is 1. The van der Waals surface area contributed by atoms with E-state index in [1.54, 1.807) is 52.1 Å². The molecule has 1 aromatic rings. The van der Waals surface area contributed by atoms with E-state index >= 15 is 0 Å². The zero-order chi connectivity index (χ0) is 15.0. The molecule has 4 nitrogen and oxygen atoms in total. The third-order valence-corrected chi connectivity index (χ3v) is 3.15. The maximum Gasteiger partial charge on any atom is 0.407 e. The molecule has 1 aliphatic carbocycles. The topological polar surface area (TPSA) is 47.6 Å². The van der Waals surface area contributed by atoms with Crippen molar-refractivity contribution in [3.63, 3.8) is 0 Å². The number of alkyl halides is 1. The van der Waals surface area contributed by atoms with Crippen molar-refractivity contribution in [2.24, 2.45) is 0 Å². The van der Waals surface area contributed by atoms with E-state index in [0.29, 0.717) is 11.3 Å². The molecule has 1 amide bonds. The van der Waals surface area contributed by atoms with Crippen LogP contribution >= 0.6 is 0 Å². The van der Waals surface area contributed by atoms with Crippen molar-refractivity contribution in [1.82, 2.24) is 5.32 Å². The van der Waals surface area contributed by atoms with Gasteiger partial charge in [-0.15, -0.1) is 0 Å². The van der Waals surface area contributed by atoms with Crippen LogP contribution in [-0.4, -0.2) is 24.8 Å². The Morgan fingerprint density at radius 1 is 1.35 bits per heavy atom. The summed E-state index contributed by atoms with van der Waals surface area (Å²) in [6, 6.07) is 6.23. The van der Waals surface area contributed by atoms with Crippen LogP contribution in [0.5, 0.6) is 5.75 Å². The van der Waals surface area contributed by atoms with E-state index in [0.717, 1.165) is 0 Å². The number of rotatable bonds is 3. The zero-order valence-corrected chi connectivity index (χ0v) is 12.2. The van der Waals surface area contributed by atoms with Crippen molar-refractivity contribution in [2.75, 3.05) is 7.11 Å². The standard InChI is InChI=1S/C15H20FNO3/c1-14(2,3)20-13(18)17-12-9-15(12,16)10-5-7-11(19-4)8-6-10/h5-8,12H,9H2,1-4H3,(H,17,18)/t12-,15-/m1/s1. The lowest BCUT2D eigenvalue weighted by atomic mass is 10.1. The molecule has 0 bridgehead atoms. The minimum Gasteiger partial charge on any atom is -0.497 e. The van der Waals surface area contributed by atoms with Gasteiger partial charge >= 0.3 is 6.09 Å². The van der Waals surface area contributed by atoms with Gasteiger partial charge in [0.25, 0.3) is 0 Å². The van der Waals surface area contributed by atoms with Gasteiger partial charge in [-0.05, 0) is 38.5 Å². The van der Waals surface area contributed by atoms with E-state index in [4.69, 9.17) is 9.47 Å². The van der Waals surface area contributed by atoms with Crippen LogP contribution in [0.2, 0.25) is 0 Å². The molecule has 0 aliphatic heterocycles. The van der Waals surface area contributed by atoms with Crippen molar-refractivity contribution >= 4 is 6.09 Å². The smallest absolute Gasteiger partial charge is 0.407 e. The van der Waals surface area contributed by atoms with Crippen molar-refractivity contribution in [2.45, 2.75) is 44.5 Å². The number of halogens is 1. The first-order valence-electron chi connectivity index (χ1n) is 6.57. The first kappa shape index (κ1) is 14.6. The molecule has 2 rings (SSSR count). The van der Waals surface area contributed by atoms with E-state index < -0.39 is 23.4 Å². The third-order valence-electron chi connectivity index (χ3n) is 3.15. The predicted molar refractivity (Wildman–Crippen MR) is 73.6 cm³/mol. The Balaban J connectivity index is 1.96. The summed E-state index contributed by atoms with van der Waals surface area (Å²) in [5.41, 5.74) is -1.55. The number of alkyl carbamates (subject to hydrolysis) is 1. The number of carbonyl (C=O) groups is 1. The highest BCUT2D eigenvalue weighted by Crippen LogP contribution is 2.50. The average molecular weight is 281 g/mol. The fraction of sp³-hybridized carbons (Fsp3) is 0.533. The summed E-state index contributed by atoms with van der Waals surface area (Å²) >= 11 is 0. The van der Waals surface area contributed by atoms with Gasteiger partial charge in [0.15, 0.2) is 5.67 Å². The maximum atomic E-state index is 14.6. The largest absolute Gasteiger partial charge is 0.497 e. The predicted octanol–water partition coefficient (Wildman–Crippen LogP) is 3.16. The summed E-state index contributed by atoms with van der Waals surface area (Å²) < 4.78 is 24.8. The number of hydrogen-bond donors (Lipinski definition) is 1. The lowest BCUT2D eigenvalue weighted by Crippen LogP contribution is -2.35. The molecule has 5 heteroatoms. The second kappa shape index (κ2) is 4.96. The molecule has 0 spiro atoms. The third kappa shape index (κ3) is 3.21. The van der Waals surface area contributed by atoms with E-state index in [9.17, 15) is 9.18 Å². The summed E-state index contributed by atoms with van der Waals surface area (Å²) in [4.78, 5) is 11.6. The summed E-state index contributed by atoms with van der Waals surface area (Å²) in [6.07, 6.45) is -0.325. The van der Waals surface area contributed by atoms with Gasteiger partial charge in [-0.2, -0.15) is 0 Å². The Bertz CT molecular complexity index is 495. The van der Waals surface area contributed by atoms with Gasteiger partial charge in [-0.1, -0.05) is 12.1 Å². The Morgan fingerprint density at radius 3 is 2.45 bits per heavy atom. The second-order valence-corrected chi connectivity index (χ2v) is 5.99. The minimum absolute atomic E-state index is 0.262. The molecule has 0 aromatic heterocycles. The number of amides is 1. The van der Waals surface area contributed by atoms with Crippen LogP contribution < -0.4 is 10.1 Å². The molecule has 1 aromatic carbocycles. The molecule has 1 aliphatic rings. The fourth-order valence-corrected chi connectivity index (χ4v) is 2.04. The van der Waals surface area contributed by atoms with Crippen LogP contribution in [0.25, 0.3) is 0 Å². The van der Waals surface area contributed by atoms with Gasteiger partial charge < -0.3 is 14.8 Å².